The van der Waals surface area contributed by atoms with E-state index in [0.29, 0.717) is 5.95 Å². The minimum atomic E-state index is 0.462. The number of nitrogens with two attached hydrogens (primary N) is 1. The molecule has 0 aromatic carbocycles. The summed E-state index contributed by atoms with van der Waals surface area (Å²) in [7, 11) is 3.59. The van der Waals surface area contributed by atoms with Crippen LogP contribution in [-0.4, -0.2) is 34.2 Å². The minimum Gasteiger partial charge on any atom is -0.385 e. The number of nitrogen functional groups attached to an aromatic ring is 1. The number of thioether (sulfide) groups is 1. The number of hydrogen-bond donors (Lipinski definition) is 1. The van der Waals surface area contributed by atoms with Gasteiger partial charge in [0.25, 0.3) is 0 Å². The fourth-order valence-electron chi connectivity index (χ4n) is 0.964. The summed E-state index contributed by atoms with van der Waals surface area (Å²) in [5.41, 5.74) is 5.55. The van der Waals surface area contributed by atoms with Crippen LogP contribution in [0.5, 0.6) is 0 Å². The molecule has 0 saturated carbocycles. The highest BCUT2D eigenvalue weighted by Gasteiger charge is 2.04. The van der Waals surface area contributed by atoms with E-state index in [1.807, 2.05) is 7.05 Å². The van der Waals surface area contributed by atoms with Gasteiger partial charge in [0.2, 0.25) is 5.95 Å². The third kappa shape index (κ3) is 3.19. The van der Waals surface area contributed by atoms with E-state index in [-0.39, 0.29) is 0 Å². The average molecular weight is 216 g/mol. The lowest BCUT2D eigenvalue weighted by Crippen LogP contribution is -1.98. The largest absolute Gasteiger partial charge is 0.385 e. The highest BCUT2D eigenvalue weighted by molar-refractivity contribution is 7.99. The first-order valence-electron chi connectivity index (χ1n) is 4.52. The quantitative estimate of drug-likeness (QED) is 0.565. The maximum absolute atomic E-state index is 5.55. The molecule has 2 N–H and O–H groups in total. The molecule has 0 unspecified atom stereocenters. The van der Waals surface area contributed by atoms with E-state index in [1.54, 1.807) is 23.4 Å². The topological polar surface area (TPSA) is 66.0 Å². The Morgan fingerprint density at radius 3 is 2.79 bits per heavy atom. The molecule has 0 saturated heterocycles. The van der Waals surface area contributed by atoms with Gasteiger partial charge >= 0.3 is 0 Å². The molecule has 0 radical (unpaired) electrons. The van der Waals surface area contributed by atoms with Gasteiger partial charge in [-0.2, -0.15) is 0 Å². The van der Waals surface area contributed by atoms with Crippen LogP contribution in [0.4, 0.5) is 5.95 Å². The number of nitrogens with zero attached hydrogens (tertiary/aromatic N) is 3. The zero-order valence-corrected chi connectivity index (χ0v) is 9.38. The van der Waals surface area contributed by atoms with Crippen molar-refractivity contribution >= 4 is 17.7 Å². The Morgan fingerprint density at radius 2 is 2.21 bits per heavy atom. The van der Waals surface area contributed by atoms with Crippen LogP contribution in [0.15, 0.2) is 5.16 Å². The number of ether oxygens (including phenoxy) is 1. The lowest BCUT2D eigenvalue weighted by Gasteiger charge is -2.00. The lowest BCUT2D eigenvalue weighted by molar-refractivity contribution is 0.194. The molecule has 0 spiro atoms. The average Bonchev–Trinajstić information content (AvgIpc) is 2.49. The molecular weight excluding hydrogens is 200 g/mol. The van der Waals surface area contributed by atoms with Crippen LogP contribution < -0.4 is 5.73 Å². The van der Waals surface area contributed by atoms with Gasteiger partial charge in [0.1, 0.15) is 0 Å². The van der Waals surface area contributed by atoms with Crippen molar-refractivity contribution in [3.63, 3.8) is 0 Å². The van der Waals surface area contributed by atoms with Crippen molar-refractivity contribution < 1.29 is 4.74 Å². The van der Waals surface area contributed by atoms with Crippen molar-refractivity contribution in [3.8, 4) is 0 Å². The second-order valence-corrected chi connectivity index (χ2v) is 4.01. The predicted octanol–water partition coefficient (Wildman–Crippen LogP) is 0.916. The monoisotopic (exact) mass is 216 g/mol. The van der Waals surface area contributed by atoms with Crippen LogP contribution in [-0.2, 0) is 11.8 Å². The number of unbranched alkanes of at least 4 members (excludes halogenated alkanes) is 1. The highest BCUT2D eigenvalue weighted by Crippen LogP contribution is 2.17. The number of aromatic nitrogens is 3. The van der Waals surface area contributed by atoms with Crippen molar-refractivity contribution in [3.05, 3.63) is 0 Å². The highest BCUT2D eigenvalue weighted by atomic mass is 32.2. The second-order valence-electron chi connectivity index (χ2n) is 2.95. The van der Waals surface area contributed by atoms with Crippen LogP contribution in [0.3, 0.4) is 0 Å². The summed E-state index contributed by atoms with van der Waals surface area (Å²) < 4.78 is 6.75. The van der Waals surface area contributed by atoms with Gasteiger partial charge in [-0.3, -0.25) is 4.57 Å². The van der Waals surface area contributed by atoms with Gasteiger partial charge in [0.05, 0.1) is 0 Å². The molecule has 1 rings (SSSR count). The van der Waals surface area contributed by atoms with Crippen LogP contribution in [0.2, 0.25) is 0 Å². The Labute approximate surface area is 88.0 Å². The maximum Gasteiger partial charge on any atom is 0.222 e. The normalized spacial score (nSPS) is 10.7. The van der Waals surface area contributed by atoms with Gasteiger partial charge in [0.15, 0.2) is 5.16 Å². The van der Waals surface area contributed by atoms with Crippen LogP contribution in [0, 0.1) is 0 Å². The van der Waals surface area contributed by atoms with Crippen LogP contribution >= 0.6 is 11.8 Å². The molecule has 0 aliphatic carbocycles. The first-order chi connectivity index (χ1) is 6.75. The van der Waals surface area contributed by atoms with Crippen molar-refractivity contribution in [2.75, 3.05) is 25.2 Å². The van der Waals surface area contributed by atoms with Crippen molar-refractivity contribution in [2.24, 2.45) is 7.05 Å². The van der Waals surface area contributed by atoms with E-state index in [2.05, 4.69) is 10.2 Å². The van der Waals surface area contributed by atoms with Crippen molar-refractivity contribution in [1.82, 2.24) is 14.8 Å². The molecule has 14 heavy (non-hydrogen) atoms. The summed E-state index contributed by atoms with van der Waals surface area (Å²) in [6, 6.07) is 0. The number of hydrogen-bond acceptors (Lipinski definition) is 5. The van der Waals surface area contributed by atoms with Gasteiger partial charge in [-0.1, -0.05) is 11.8 Å². The molecule has 1 aromatic heterocycles. The molecule has 5 nitrogen and oxygen atoms in total. The van der Waals surface area contributed by atoms with Gasteiger partial charge in [-0.05, 0) is 12.8 Å². The molecule has 80 valence electrons. The molecule has 0 aliphatic rings. The Kier molecular flexibility index (Phi) is 4.75. The molecular formula is C8H16N4OS. The Hall–Kier alpha value is -0.750. The lowest BCUT2D eigenvalue weighted by atomic mass is 10.4. The summed E-state index contributed by atoms with van der Waals surface area (Å²) in [6.45, 7) is 0.821. The molecule has 0 amide bonds. The summed E-state index contributed by atoms with van der Waals surface area (Å²) in [4.78, 5) is 0. The van der Waals surface area contributed by atoms with Crippen LogP contribution in [0.25, 0.3) is 0 Å². The number of anilines is 1. The van der Waals surface area contributed by atoms with Crippen molar-refractivity contribution in [2.45, 2.75) is 18.0 Å². The van der Waals surface area contributed by atoms with E-state index in [0.717, 1.165) is 30.4 Å². The van der Waals surface area contributed by atoms with Gasteiger partial charge < -0.3 is 10.5 Å². The van der Waals surface area contributed by atoms with E-state index in [9.17, 15) is 0 Å². The summed E-state index contributed by atoms with van der Waals surface area (Å²) in [6.07, 6.45) is 2.20. The minimum absolute atomic E-state index is 0.462. The SMILES string of the molecule is COCCCCSc1nnc(N)n1C. The maximum atomic E-state index is 5.55. The number of methoxy groups -OCH3 is 1. The zero-order valence-electron chi connectivity index (χ0n) is 8.56. The van der Waals surface area contributed by atoms with Crippen molar-refractivity contribution in [1.29, 1.82) is 0 Å². The standard InChI is InChI=1S/C8H16N4OS/c1-12-7(9)10-11-8(12)14-6-4-3-5-13-2/h3-6H2,1-2H3,(H2,9,10). The van der Waals surface area contributed by atoms with Gasteiger partial charge in [-0.15, -0.1) is 10.2 Å². The molecule has 0 aliphatic heterocycles. The van der Waals surface area contributed by atoms with E-state index in [4.69, 9.17) is 10.5 Å². The summed E-state index contributed by atoms with van der Waals surface area (Å²) in [5, 5.41) is 8.60. The molecule has 1 heterocycles. The Morgan fingerprint density at radius 1 is 1.43 bits per heavy atom. The molecule has 0 fully saturated rings. The predicted molar refractivity (Wildman–Crippen MR) is 57.2 cm³/mol. The van der Waals surface area contributed by atoms with E-state index >= 15 is 0 Å². The van der Waals surface area contributed by atoms with Crippen LogP contribution in [0.1, 0.15) is 12.8 Å². The van der Waals surface area contributed by atoms with E-state index in [1.165, 1.54) is 0 Å². The Balaban J connectivity index is 2.21. The smallest absolute Gasteiger partial charge is 0.222 e. The summed E-state index contributed by atoms with van der Waals surface area (Å²) >= 11 is 1.67. The number of rotatable bonds is 6. The Bertz CT molecular complexity index is 276. The van der Waals surface area contributed by atoms with Gasteiger partial charge in [0, 0.05) is 26.5 Å². The second kappa shape index (κ2) is 5.87. The fourth-order valence-corrected chi connectivity index (χ4v) is 1.88. The first kappa shape index (κ1) is 11.3. The fraction of sp³-hybridized carbons (Fsp3) is 0.750. The molecule has 0 bridgehead atoms. The third-order valence-corrected chi connectivity index (χ3v) is 2.95. The molecule has 0 atom stereocenters. The van der Waals surface area contributed by atoms with Gasteiger partial charge in [-0.25, -0.2) is 0 Å². The summed E-state index contributed by atoms with van der Waals surface area (Å²) in [5.74, 6) is 1.49. The first-order valence-corrected chi connectivity index (χ1v) is 5.51. The zero-order chi connectivity index (χ0) is 10.4. The molecule has 6 heteroatoms. The third-order valence-electron chi connectivity index (χ3n) is 1.84. The van der Waals surface area contributed by atoms with E-state index < -0.39 is 0 Å². The molecule has 1 aromatic rings.